The van der Waals surface area contributed by atoms with Gasteiger partial charge in [-0.1, -0.05) is 18.2 Å². The average molecular weight is 156 g/mol. The van der Waals surface area contributed by atoms with Crippen LogP contribution in [0.3, 0.4) is 0 Å². The molecule has 2 heteroatoms. The lowest BCUT2D eigenvalue weighted by Gasteiger charge is -1.89. The number of halogens is 1. The summed E-state index contributed by atoms with van der Waals surface area (Å²) < 4.78 is 16.6. The van der Waals surface area contributed by atoms with Crippen LogP contribution in [0.15, 0.2) is 24.3 Å². The van der Waals surface area contributed by atoms with Gasteiger partial charge in [0.15, 0.2) is 0 Å². The third-order valence-electron chi connectivity index (χ3n) is 1.08. The van der Waals surface area contributed by atoms with E-state index in [0.29, 0.717) is 5.56 Å². The molecule has 0 amide bonds. The third kappa shape index (κ3) is 4.51. The van der Waals surface area contributed by atoms with E-state index in [-0.39, 0.29) is 5.82 Å². The molecule has 0 unspecified atom stereocenters. The summed E-state index contributed by atoms with van der Waals surface area (Å²) in [5.41, 5.74) is 0.701. The van der Waals surface area contributed by atoms with Gasteiger partial charge in [-0.15, -0.1) is 0 Å². The molecule has 1 rings (SSSR count). The molecule has 0 aliphatic heterocycles. The minimum Gasteiger partial charge on any atom is -0.388 e. The van der Waals surface area contributed by atoms with Crippen LogP contribution in [-0.2, 0) is 4.74 Å². The first-order chi connectivity index (χ1) is 5.22. The minimum atomic E-state index is -0.132. The monoisotopic (exact) mass is 156 g/mol. The van der Waals surface area contributed by atoms with Crippen molar-refractivity contribution in [3.8, 4) is 0 Å². The quantitative estimate of drug-likeness (QED) is 0.560. The maximum Gasteiger partial charge on any atom is 0.126 e. The second kappa shape index (κ2) is 5.86. The van der Waals surface area contributed by atoms with E-state index in [9.17, 15) is 4.39 Å². The largest absolute Gasteiger partial charge is 0.388 e. The third-order valence-corrected chi connectivity index (χ3v) is 1.08. The van der Waals surface area contributed by atoms with Crippen LogP contribution in [-0.4, -0.2) is 14.2 Å². The minimum absolute atomic E-state index is 0.132. The molecule has 0 saturated carbocycles. The summed E-state index contributed by atoms with van der Waals surface area (Å²) in [5, 5.41) is 0. The Morgan fingerprint density at radius 2 is 1.64 bits per heavy atom. The maximum absolute atomic E-state index is 12.3. The summed E-state index contributed by atoms with van der Waals surface area (Å²) >= 11 is 0. The van der Waals surface area contributed by atoms with Crippen LogP contribution in [0, 0.1) is 12.7 Å². The molecule has 0 N–H and O–H groups in total. The SMILES string of the molecule is COC.Cc1ccccc1F. The molecular weight excluding hydrogens is 143 g/mol. The van der Waals surface area contributed by atoms with E-state index >= 15 is 0 Å². The molecule has 1 aromatic rings. The van der Waals surface area contributed by atoms with Gasteiger partial charge in [-0.25, -0.2) is 4.39 Å². The first kappa shape index (κ1) is 10.1. The van der Waals surface area contributed by atoms with Gasteiger partial charge in [0.25, 0.3) is 0 Å². The summed E-state index contributed by atoms with van der Waals surface area (Å²) in [6.07, 6.45) is 0. The highest BCUT2D eigenvalue weighted by Crippen LogP contribution is 2.01. The van der Waals surface area contributed by atoms with Gasteiger partial charge in [-0.2, -0.15) is 0 Å². The summed E-state index contributed by atoms with van der Waals surface area (Å²) in [6.45, 7) is 1.75. The van der Waals surface area contributed by atoms with E-state index in [0.717, 1.165) is 0 Å². The lowest BCUT2D eigenvalue weighted by Crippen LogP contribution is -1.76. The molecule has 0 saturated heterocycles. The number of hydrogen-bond donors (Lipinski definition) is 0. The molecule has 0 aliphatic rings. The molecule has 0 heterocycles. The van der Waals surface area contributed by atoms with Gasteiger partial charge in [0.2, 0.25) is 0 Å². The molecule has 0 fully saturated rings. The highest BCUT2D eigenvalue weighted by atomic mass is 19.1. The Kier molecular flexibility index (Phi) is 5.39. The number of methoxy groups -OCH3 is 1. The number of benzene rings is 1. The number of rotatable bonds is 0. The van der Waals surface area contributed by atoms with E-state index in [1.807, 2.05) is 6.07 Å². The van der Waals surface area contributed by atoms with Crippen molar-refractivity contribution in [3.63, 3.8) is 0 Å². The summed E-state index contributed by atoms with van der Waals surface area (Å²) in [4.78, 5) is 0. The van der Waals surface area contributed by atoms with Crippen molar-refractivity contribution < 1.29 is 9.13 Å². The van der Waals surface area contributed by atoms with Crippen LogP contribution in [0.2, 0.25) is 0 Å². The molecule has 0 aromatic heterocycles. The summed E-state index contributed by atoms with van der Waals surface area (Å²) in [6, 6.07) is 6.70. The summed E-state index contributed by atoms with van der Waals surface area (Å²) in [7, 11) is 3.25. The Labute approximate surface area is 66.8 Å². The zero-order valence-electron chi connectivity index (χ0n) is 7.10. The number of ether oxygens (including phenoxy) is 1. The second-order valence-electron chi connectivity index (χ2n) is 2.16. The van der Waals surface area contributed by atoms with Gasteiger partial charge >= 0.3 is 0 Å². The highest BCUT2D eigenvalue weighted by molar-refractivity contribution is 5.14. The van der Waals surface area contributed by atoms with E-state index in [2.05, 4.69) is 4.74 Å². The second-order valence-corrected chi connectivity index (χ2v) is 2.16. The number of hydrogen-bond acceptors (Lipinski definition) is 1. The van der Waals surface area contributed by atoms with E-state index in [4.69, 9.17) is 0 Å². The fraction of sp³-hybridized carbons (Fsp3) is 0.333. The first-order valence-electron chi connectivity index (χ1n) is 3.33. The van der Waals surface area contributed by atoms with Crippen molar-refractivity contribution in [2.75, 3.05) is 14.2 Å². The average Bonchev–Trinajstić information content (AvgIpc) is 1.97. The Hall–Kier alpha value is -0.890. The van der Waals surface area contributed by atoms with Crippen molar-refractivity contribution in [3.05, 3.63) is 35.6 Å². The predicted molar refractivity (Wildman–Crippen MR) is 44.1 cm³/mol. The zero-order chi connectivity index (χ0) is 8.69. The lowest BCUT2D eigenvalue weighted by atomic mass is 10.2. The predicted octanol–water partition coefficient (Wildman–Crippen LogP) is 2.40. The van der Waals surface area contributed by atoms with Crippen LogP contribution in [0.25, 0.3) is 0 Å². The first-order valence-corrected chi connectivity index (χ1v) is 3.33. The van der Waals surface area contributed by atoms with Crippen molar-refractivity contribution >= 4 is 0 Å². The van der Waals surface area contributed by atoms with Crippen molar-refractivity contribution in [2.45, 2.75) is 6.92 Å². The molecule has 0 aliphatic carbocycles. The molecule has 1 aromatic carbocycles. The van der Waals surface area contributed by atoms with Crippen LogP contribution in [0.4, 0.5) is 4.39 Å². The van der Waals surface area contributed by atoms with Gasteiger partial charge in [0.05, 0.1) is 0 Å². The Morgan fingerprint density at radius 3 is 1.91 bits per heavy atom. The molecule has 0 atom stereocenters. The molecule has 0 spiro atoms. The van der Waals surface area contributed by atoms with Crippen molar-refractivity contribution in [2.24, 2.45) is 0 Å². The molecule has 0 bridgehead atoms. The van der Waals surface area contributed by atoms with Crippen LogP contribution >= 0.6 is 0 Å². The van der Waals surface area contributed by atoms with Gasteiger partial charge in [0, 0.05) is 14.2 Å². The van der Waals surface area contributed by atoms with Crippen LogP contribution < -0.4 is 0 Å². The van der Waals surface area contributed by atoms with Crippen molar-refractivity contribution in [1.82, 2.24) is 0 Å². The van der Waals surface area contributed by atoms with E-state index in [1.165, 1.54) is 6.07 Å². The van der Waals surface area contributed by atoms with Crippen molar-refractivity contribution in [1.29, 1.82) is 0 Å². The Bertz CT molecular complexity index is 178. The fourth-order valence-corrected chi connectivity index (χ4v) is 0.551. The Balaban J connectivity index is 0.000000292. The fourth-order valence-electron chi connectivity index (χ4n) is 0.551. The van der Waals surface area contributed by atoms with Gasteiger partial charge in [-0.05, 0) is 18.6 Å². The standard InChI is InChI=1S/C7H7F.C2H6O/c1-6-4-2-3-5-7(6)8;1-3-2/h2-5H,1H3;1-2H3. The highest BCUT2D eigenvalue weighted by Gasteiger charge is 1.88. The maximum atomic E-state index is 12.3. The van der Waals surface area contributed by atoms with E-state index < -0.39 is 0 Å². The zero-order valence-corrected chi connectivity index (χ0v) is 7.10. The molecular formula is C9H13FO. The van der Waals surface area contributed by atoms with Gasteiger partial charge < -0.3 is 4.74 Å². The lowest BCUT2D eigenvalue weighted by molar-refractivity contribution is 0.277. The van der Waals surface area contributed by atoms with E-state index in [1.54, 1.807) is 33.3 Å². The van der Waals surface area contributed by atoms with Gasteiger partial charge in [0.1, 0.15) is 5.82 Å². The molecule has 62 valence electrons. The van der Waals surface area contributed by atoms with Crippen LogP contribution in [0.1, 0.15) is 5.56 Å². The Morgan fingerprint density at radius 1 is 1.18 bits per heavy atom. The molecule has 1 nitrogen and oxygen atoms in total. The van der Waals surface area contributed by atoms with Crippen LogP contribution in [0.5, 0.6) is 0 Å². The number of aryl methyl sites for hydroxylation is 1. The smallest absolute Gasteiger partial charge is 0.126 e. The molecule has 0 radical (unpaired) electrons. The molecule has 11 heavy (non-hydrogen) atoms. The topological polar surface area (TPSA) is 9.23 Å². The summed E-state index contributed by atoms with van der Waals surface area (Å²) in [5.74, 6) is -0.132. The normalized spacial score (nSPS) is 8.36. The van der Waals surface area contributed by atoms with Gasteiger partial charge in [-0.3, -0.25) is 0 Å².